The summed E-state index contributed by atoms with van der Waals surface area (Å²) in [4.78, 5) is 21.4. The maximum Gasteiger partial charge on any atom is 0.274 e. The lowest BCUT2D eigenvalue weighted by atomic mass is 10.1. The highest BCUT2D eigenvalue weighted by atomic mass is 16.5. The van der Waals surface area contributed by atoms with Crippen molar-refractivity contribution in [1.82, 2.24) is 9.97 Å². The van der Waals surface area contributed by atoms with Crippen molar-refractivity contribution in [3.63, 3.8) is 0 Å². The Kier molecular flexibility index (Phi) is 6.29. The monoisotopic (exact) mass is 392 g/mol. The second-order valence-electron chi connectivity index (χ2n) is 6.49. The Balaban J connectivity index is 1.77. The minimum atomic E-state index is -0.349. The summed E-state index contributed by atoms with van der Waals surface area (Å²) in [6, 6.07) is 14.9. The van der Waals surface area contributed by atoms with Gasteiger partial charge in [0.2, 0.25) is 0 Å². The van der Waals surface area contributed by atoms with Crippen molar-refractivity contribution >= 4 is 17.4 Å². The summed E-state index contributed by atoms with van der Waals surface area (Å²) in [7, 11) is 3.11. The third-order valence-corrected chi connectivity index (χ3v) is 4.45. The normalized spacial score (nSPS) is 10.3. The van der Waals surface area contributed by atoms with Crippen LogP contribution in [-0.4, -0.2) is 30.1 Å². The highest BCUT2D eigenvalue weighted by Gasteiger charge is 2.14. The molecule has 2 aromatic carbocycles. The molecule has 1 heterocycles. The Morgan fingerprint density at radius 1 is 1.00 bits per heavy atom. The molecule has 0 aliphatic heterocycles. The summed E-state index contributed by atoms with van der Waals surface area (Å²) in [6.45, 7) is 4.42. The second kappa shape index (κ2) is 9.05. The van der Waals surface area contributed by atoms with Crippen molar-refractivity contribution in [2.24, 2.45) is 0 Å². The minimum Gasteiger partial charge on any atom is -0.497 e. The van der Waals surface area contributed by atoms with Gasteiger partial charge < -0.3 is 20.1 Å². The first-order valence-electron chi connectivity index (χ1n) is 9.17. The van der Waals surface area contributed by atoms with Crippen LogP contribution < -0.4 is 20.1 Å². The van der Waals surface area contributed by atoms with E-state index in [0.717, 1.165) is 5.56 Å². The molecule has 150 valence electrons. The Morgan fingerprint density at radius 2 is 1.79 bits per heavy atom. The van der Waals surface area contributed by atoms with Gasteiger partial charge in [0.25, 0.3) is 5.91 Å². The molecule has 29 heavy (non-hydrogen) atoms. The Morgan fingerprint density at radius 3 is 2.52 bits per heavy atom. The summed E-state index contributed by atoms with van der Waals surface area (Å²) < 4.78 is 10.5. The lowest BCUT2D eigenvalue weighted by Gasteiger charge is -2.13. The number of carbonyl (C=O) groups excluding carboxylic acids is 1. The molecule has 0 saturated carbocycles. The first-order valence-corrected chi connectivity index (χ1v) is 9.17. The number of carbonyl (C=O) groups is 1. The van der Waals surface area contributed by atoms with Gasteiger partial charge in [-0.15, -0.1) is 0 Å². The number of methoxy groups -OCH3 is 2. The van der Waals surface area contributed by atoms with E-state index in [4.69, 9.17) is 9.47 Å². The van der Waals surface area contributed by atoms with Crippen molar-refractivity contribution in [2.45, 2.75) is 20.4 Å². The van der Waals surface area contributed by atoms with Crippen LogP contribution in [-0.2, 0) is 6.54 Å². The molecule has 0 fully saturated rings. The van der Waals surface area contributed by atoms with Crippen molar-refractivity contribution in [1.29, 1.82) is 0 Å². The number of nitrogens with zero attached hydrogens (tertiary/aromatic N) is 2. The lowest BCUT2D eigenvalue weighted by Crippen LogP contribution is -2.16. The molecular weight excluding hydrogens is 368 g/mol. The van der Waals surface area contributed by atoms with Gasteiger partial charge in [-0.2, -0.15) is 0 Å². The Bertz CT molecular complexity index is 1020. The van der Waals surface area contributed by atoms with Gasteiger partial charge in [0.15, 0.2) is 0 Å². The third-order valence-electron chi connectivity index (χ3n) is 4.45. The minimum absolute atomic E-state index is 0.266. The molecule has 0 aliphatic carbocycles. The highest BCUT2D eigenvalue weighted by Crippen LogP contribution is 2.29. The van der Waals surface area contributed by atoms with E-state index in [9.17, 15) is 4.79 Å². The molecule has 2 N–H and O–H groups in total. The van der Waals surface area contributed by atoms with Crippen molar-refractivity contribution in [3.05, 3.63) is 71.2 Å². The van der Waals surface area contributed by atoms with Crippen molar-refractivity contribution in [2.75, 3.05) is 24.9 Å². The molecule has 7 heteroatoms. The quantitative estimate of drug-likeness (QED) is 0.633. The zero-order valence-electron chi connectivity index (χ0n) is 16.9. The van der Waals surface area contributed by atoms with Gasteiger partial charge in [-0.1, -0.05) is 24.3 Å². The fraction of sp³-hybridized carbons (Fsp3) is 0.227. The molecule has 0 spiro atoms. The van der Waals surface area contributed by atoms with Crippen LogP contribution in [0.5, 0.6) is 11.5 Å². The van der Waals surface area contributed by atoms with E-state index in [1.807, 2.05) is 12.1 Å². The summed E-state index contributed by atoms with van der Waals surface area (Å²) >= 11 is 0. The van der Waals surface area contributed by atoms with Gasteiger partial charge >= 0.3 is 0 Å². The molecule has 0 bridgehead atoms. The van der Waals surface area contributed by atoms with E-state index >= 15 is 0 Å². The predicted octanol–water partition coefficient (Wildman–Crippen LogP) is 3.98. The molecule has 0 aliphatic rings. The van der Waals surface area contributed by atoms with E-state index in [1.165, 1.54) is 12.7 Å². The van der Waals surface area contributed by atoms with Crippen LogP contribution >= 0.6 is 0 Å². The summed E-state index contributed by atoms with van der Waals surface area (Å²) in [6.07, 6.45) is 0. The van der Waals surface area contributed by atoms with Crippen LogP contribution in [0, 0.1) is 13.8 Å². The van der Waals surface area contributed by atoms with E-state index in [2.05, 4.69) is 39.7 Å². The summed E-state index contributed by atoms with van der Waals surface area (Å²) in [5, 5.41) is 6.10. The molecule has 1 aromatic heterocycles. The molecule has 3 rings (SSSR count). The number of aromatic nitrogens is 2. The smallest absolute Gasteiger partial charge is 0.274 e. The molecule has 0 saturated heterocycles. The molecule has 3 aromatic rings. The fourth-order valence-electron chi connectivity index (χ4n) is 2.86. The van der Waals surface area contributed by atoms with Crippen LogP contribution in [0.25, 0.3) is 0 Å². The van der Waals surface area contributed by atoms with Gasteiger partial charge in [-0.3, -0.25) is 4.79 Å². The summed E-state index contributed by atoms with van der Waals surface area (Å²) in [5.41, 5.74) is 3.15. The summed E-state index contributed by atoms with van der Waals surface area (Å²) in [5.74, 6) is 1.89. The van der Waals surface area contributed by atoms with E-state index in [1.54, 1.807) is 38.3 Å². The second-order valence-corrected chi connectivity index (χ2v) is 6.49. The number of hydrogen-bond donors (Lipinski definition) is 2. The number of hydrogen-bond acceptors (Lipinski definition) is 6. The topological polar surface area (TPSA) is 85.4 Å². The van der Waals surface area contributed by atoms with Gasteiger partial charge in [0.05, 0.1) is 19.9 Å². The molecule has 1 amide bonds. The Hall–Kier alpha value is -3.61. The average Bonchev–Trinajstić information content (AvgIpc) is 2.73. The largest absolute Gasteiger partial charge is 0.497 e. The maximum absolute atomic E-state index is 12.8. The molecule has 0 unspecified atom stereocenters. The fourth-order valence-corrected chi connectivity index (χ4v) is 2.86. The first kappa shape index (κ1) is 20.1. The molecular formula is C22H24N4O3. The highest BCUT2D eigenvalue weighted by molar-refractivity contribution is 6.04. The number of aryl methyl sites for hydroxylation is 2. The van der Waals surface area contributed by atoms with Crippen LogP contribution in [0.3, 0.4) is 0 Å². The van der Waals surface area contributed by atoms with Gasteiger partial charge in [-0.05, 0) is 37.1 Å². The third kappa shape index (κ3) is 5.01. The number of nitrogens with one attached hydrogen (secondary N) is 2. The maximum atomic E-state index is 12.8. The standard InChI is InChI=1S/C22H24N4O3/c1-14-7-5-6-8-16(14)13-23-21-12-19(24-15(2)25-21)22(27)26-18-10-9-17(28-3)11-20(18)29-4/h5-12H,13H2,1-4H3,(H,26,27)(H,23,24,25). The van der Waals surface area contributed by atoms with E-state index in [0.29, 0.717) is 35.4 Å². The number of amides is 1. The number of benzene rings is 2. The lowest BCUT2D eigenvalue weighted by molar-refractivity contribution is 0.102. The van der Waals surface area contributed by atoms with Crippen molar-refractivity contribution < 1.29 is 14.3 Å². The SMILES string of the molecule is COc1ccc(NC(=O)c2cc(NCc3ccccc3C)nc(C)n2)c(OC)c1. The van der Waals surface area contributed by atoms with Crippen LogP contribution in [0.15, 0.2) is 48.5 Å². The van der Waals surface area contributed by atoms with Gasteiger partial charge in [0.1, 0.15) is 28.8 Å². The average molecular weight is 392 g/mol. The number of anilines is 2. The first-order chi connectivity index (χ1) is 14.0. The molecule has 7 nitrogen and oxygen atoms in total. The van der Waals surface area contributed by atoms with Gasteiger partial charge in [0, 0.05) is 18.7 Å². The predicted molar refractivity (Wildman–Crippen MR) is 113 cm³/mol. The van der Waals surface area contributed by atoms with Crippen LogP contribution in [0.2, 0.25) is 0 Å². The molecule has 0 radical (unpaired) electrons. The van der Waals surface area contributed by atoms with Gasteiger partial charge in [-0.25, -0.2) is 9.97 Å². The van der Waals surface area contributed by atoms with Crippen LogP contribution in [0.4, 0.5) is 11.5 Å². The number of ether oxygens (including phenoxy) is 2. The van der Waals surface area contributed by atoms with Crippen LogP contribution in [0.1, 0.15) is 27.4 Å². The van der Waals surface area contributed by atoms with E-state index in [-0.39, 0.29) is 11.6 Å². The zero-order chi connectivity index (χ0) is 20.8. The molecule has 0 atom stereocenters. The Labute approximate surface area is 170 Å². The zero-order valence-corrected chi connectivity index (χ0v) is 16.9. The van der Waals surface area contributed by atoms with Crippen molar-refractivity contribution in [3.8, 4) is 11.5 Å². The van der Waals surface area contributed by atoms with E-state index < -0.39 is 0 Å². The number of rotatable bonds is 7.